The van der Waals surface area contributed by atoms with Gasteiger partial charge in [0, 0.05) is 29.4 Å². The molecule has 1 aromatic carbocycles. The molecule has 2 amide bonds. The molecule has 8 nitrogen and oxygen atoms in total. The van der Waals surface area contributed by atoms with Crippen LogP contribution in [0.15, 0.2) is 23.5 Å². The van der Waals surface area contributed by atoms with E-state index in [1.807, 2.05) is 30.0 Å². The summed E-state index contributed by atoms with van der Waals surface area (Å²) in [5.74, 6) is -0.461. The molecule has 0 spiro atoms. The third-order valence-electron chi connectivity index (χ3n) is 5.54. The lowest BCUT2D eigenvalue weighted by Gasteiger charge is -2.29. The van der Waals surface area contributed by atoms with Gasteiger partial charge in [0.25, 0.3) is 5.91 Å². The minimum atomic E-state index is -0.545. The second kappa shape index (κ2) is 7.98. The highest BCUT2D eigenvalue weighted by Crippen LogP contribution is 2.35. The SMILES string of the molecule is CCC(=O)NC1CCC(n2nc(C(N)=O)c3ccc4cnc(SC)nc4c32)CC1. The number of primary amides is 1. The zero-order valence-electron chi connectivity index (χ0n) is 16.5. The van der Waals surface area contributed by atoms with Crippen LogP contribution < -0.4 is 11.1 Å². The minimum absolute atomic E-state index is 0.0845. The highest BCUT2D eigenvalue weighted by Gasteiger charge is 2.28. The number of hydrogen-bond acceptors (Lipinski definition) is 6. The summed E-state index contributed by atoms with van der Waals surface area (Å²) >= 11 is 1.47. The summed E-state index contributed by atoms with van der Waals surface area (Å²) in [5, 5.41) is 9.98. The topological polar surface area (TPSA) is 116 Å². The number of aromatic nitrogens is 4. The van der Waals surface area contributed by atoms with Gasteiger partial charge in [-0.25, -0.2) is 9.97 Å². The van der Waals surface area contributed by atoms with Crippen molar-refractivity contribution in [1.29, 1.82) is 0 Å². The van der Waals surface area contributed by atoms with Crippen LogP contribution in [0.25, 0.3) is 21.8 Å². The molecule has 0 atom stereocenters. The number of carbonyl (C=O) groups is 2. The van der Waals surface area contributed by atoms with Crippen LogP contribution in [0.1, 0.15) is 55.6 Å². The number of fused-ring (bicyclic) bond motifs is 3. The zero-order chi connectivity index (χ0) is 20.5. The van der Waals surface area contributed by atoms with Gasteiger partial charge in [-0.3, -0.25) is 14.3 Å². The van der Waals surface area contributed by atoms with Crippen molar-refractivity contribution in [3.8, 4) is 0 Å². The third kappa shape index (κ3) is 3.66. The van der Waals surface area contributed by atoms with Crippen LogP contribution in [-0.4, -0.2) is 43.9 Å². The summed E-state index contributed by atoms with van der Waals surface area (Å²) in [6.07, 6.45) is 7.69. The van der Waals surface area contributed by atoms with Crippen molar-refractivity contribution in [2.45, 2.75) is 56.3 Å². The molecule has 1 aliphatic rings. The van der Waals surface area contributed by atoms with Gasteiger partial charge in [-0.05, 0) is 38.0 Å². The molecule has 2 aromatic heterocycles. The Morgan fingerprint density at radius 2 is 2.03 bits per heavy atom. The molecular formula is C20H24N6O2S. The normalized spacial score (nSPS) is 19.5. The number of hydrogen-bond donors (Lipinski definition) is 2. The van der Waals surface area contributed by atoms with Gasteiger partial charge < -0.3 is 11.1 Å². The first kappa shape index (κ1) is 19.6. The summed E-state index contributed by atoms with van der Waals surface area (Å²) in [6.45, 7) is 1.86. The first-order valence-corrected chi connectivity index (χ1v) is 11.1. The van der Waals surface area contributed by atoms with Crippen molar-refractivity contribution in [2.75, 3.05) is 6.26 Å². The lowest BCUT2D eigenvalue weighted by molar-refractivity contribution is -0.121. The summed E-state index contributed by atoms with van der Waals surface area (Å²) in [7, 11) is 0. The average Bonchev–Trinajstić information content (AvgIpc) is 3.14. The molecule has 0 saturated heterocycles. The molecule has 1 saturated carbocycles. The van der Waals surface area contributed by atoms with Crippen LogP contribution in [-0.2, 0) is 4.79 Å². The largest absolute Gasteiger partial charge is 0.364 e. The van der Waals surface area contributed by atoms with Gasteiger partial charge in [-0.15, -0.1) is 0 Å². The van der Waals surface area contributed by atoms with E-state index in [4.69, 9.17) is 10.7 Å². The van der Waals surface area contributed by atoms with Crippen LogP contribution in [0.4, 0.5) is 0 Å². The number of benzene rings is 1. The van der Waals surface area contributed by atoms with Crippen LogP contribution in [0.2, 0.25) is 0 Å². The van der Waals surface area contributed by atoms with E-state index in [9.17, 15) is 9.59 Å². The maximum Gasteiger partial charge on any atom is 0.269 e. The Morgan fingerprint density at radius 1 is 1.28 bits per heavy atom. The lowest BCUT2D eigenvalue weighted by Crippen LogP contribution is -2.37. The number of nitrogens with zero attached hydrogens (tertiary/aromatic N) is 4. The van der Waals surface area contributed by atoms with E-state index in [1.165, 1.54) is 11.8 Å². The maximum atomic E-state index is 12.0. The van der Waals surface area contributed by atoms with Gasteiger partial charge in [0.1, 0.15) is 5.52 Å². The zero-order valence-corrected chi connectivity index (χ0v) is 17.3. The van der Waals surface area contributed by atoms with Gasteiger partial charge in [-0.2, -0.15) is 5.10 Å². The molecule has 0 aliphatic heterocycles. The Bertz CT molecular complexity index is 1090. The fourth-order valence-electron chi connectivity index (χ4n) is 4.04. The van der Waals surface area contributed by atoms with E-state index in [0.29, 0.717) is 11.6 Å². The van der Waals surface area contributed by atoms with Crippen LogP contribution in [0.5, 0.6) is 0 Å². The molecule has 0 unspecified atom stereocenters. The summed E-state index contributed by atoms with van der Waals surface area (Å²) in [6, 6.07) is 4.09. The Kier molecular flexibility index (Phi) is 5.40. The first-order chi connectivity index (χ1) is 14.0. The molecule has 4 rings (SSSR count). The Morgan fingerprint density at radius 3 is 2.69 bits per heavy atom. The molecule has 29 heavy (non-hydrogen) atoms. The molecule has 3 N–H and O–H groups in total. The number of rotatable bonds is 5. The number of carbonyl (C=O) groups excluding carboxylic acids is 2. The van der Waals surface area contributed by atoms with E-state index in [0.717, 1.165) is 47.5 Å². The number of nitrogens with one attached hydrogen (secondary N) is 1. The van der Waals surface area contributed by atoms with E-state index in [1.54, 1.807) is 6.20 Å². The molecule has 1 aliphatic carbocycles. The minimum Gasteiger partial charge on any atom is -0.364 e. The highest BCUT2D eigenvalue weighted by atomic mass is 32.2. The molecule has 0 radical (unpaired) electrons. The van der Waals surface area contributed by atoms with E-state index < -0.39 is 5.91 Å². The fourth-order valence-corrected chi connectivity index (χ4v) is 4.38. The van der Waals surface area contributed by atoms with E-state index >= 15 is 0 Å². The number of thioether (sulfide) groups is 1. The standard InChI is InChI=1S/C20H24N6O2S/c1-3-15(27)23-12-5-7-13(8-6-12)26-18-14(17(25-26)19(21)28)9-4-11-10-22-20(29-2)24-16(11)18/h4,9-10,12-13H,3,5-8H2,1-2H3,(H2,21,28)(H,23,27). The maximum absolute atomic E-state index is 12.0. The van der Waals surface area contributed by atoms with Crippen molar-refractivity contribution < 1.29 is 9.59 Å². The monoisotopic (exact) mass is 412 g/mol. The van der Waals surface area contributed by atoms with Crippen molar-refractivity contribution in [1.82, 2.24) is 25.1 Å². The summed E-state index contributed by atoms with van der Waals surface area (Å²) < 4.78 is 1.92. The Hall–Kier alpha value is -2.68. The first-order valence-electron chi connectivity index (χ1n) is 9.83. The van der Waals surface area contributed by atoms with Crippen molar-refractivity contribution in [3.63, 3.8) is 0 Å². The average molecular weight is 413 g/mol. The van der Waals surface area contributed by atoms with Gasteiger partial charge in [0.2, 0.25) is 5.91 Å². The van der Waals surface area contributed by atoms with Crippen LogP contribution in [0, 0.1) is 0 Å². The van der Waals surface area contributed by atoms with E-state index in [2.05, 4.69) is 15.4 Å². The second-order valence-corrected chi connectivity index (χ2v) is 8.11. The fraction of sp³-hybridized carbons (Fsp3) is 0.450. The van der Waals surface area contributed by atoms with Crippen molar-refractivity contribution in [2.24, 2.45) is 5.73 Å². The Balaban J connectivity index is 1.77. The van der Waals surface area contributed by atoms with Crippen LogP contribution in [0.3, 0.4) is 0 Å². The van der Waals surface area contributed by atoms with E-state index in [-0.39, 0.29) is 23.7 Å². The molecule has 3 aromatic rings. The van der Waals surface area contributed by atoms with Gasteiger partial charge in [0.05, 0.1) is 11.6 Å². The summed E-state index contributed by atoms with van der Waals surface area (Å²) in [5.41, 5.74) is 7.50. The number of amides is 2. The van der Waals surface area contributed by atoms with Gasteiger partial charge in [-0.1, -0.05) is 24.8 Å². The lowest BCUT2D eigenvalue weighted by atomic mass is 9.91. The van der Waals surface area contributed by atoms with Crippen molar-refractivity contribution in [3.05, 3.63) is 24.0 Å². The summed E-state index contributed by atoms with van der Waals surface area (Å²) in [4.78, 5) is 32.8. The molecule has 152 valence electrons. The highest BCUT2D eigenvalue weighted by molar-refractivity contribution is 7.98. The van der Waals surface area contributed by atoms with Gasteiger partial charge in [0.15, 0.2) is 10.9 Å². The van der Waals surface area contributed by atoms with Gasteiger partial charge >= 0.3 is 0 Å². The predicted octanol–water partition coefficient (Wildman–Crippen LogP) is 2.81. The second-order valence-electron chi connectivity index (χ2n) is 7.34. The molecule has 0 bridgehead atoms. The van der Waals surface area contributed by atoms with Crippen molar-refractivity contribution >= 4 is 45.4 Å². The third-order valence-corrected chi connectivity index (χ3v) is 6.10. The molecule has 2 heterocycles. The quantitative estimate of drug-likeness (QED) is 0.492. The van der Waals surface area contributed by atoms with Crippen LogP contribution >= 0.6 is 11.8 Å². The predicted molar refractivity (Wildman–Crippen MR) is 113 cm³/mol. The number of nitrogens with two attached hydrogens (primary N) is 1. The smallest absolute Gasteiger partial charge is 0.269 e. The molecular weight excluding hydrogens is 388 g/mol. The molecule has 1 fully saturated rings. The Labute approximate surface area is 172 Å². The molecule has 9 heteroatoms.